The van der Waals surface area contributed by atoms with Gasteiger partial charge in [0.2, 0.25) is 0 Å². The zero-order chi connectivity index (χ0) is 22.2. The summed E-state index contributed by atoms with van der Waals surface area (Å²) in [5.74, 6) is 1.48. The predicted molar refractivity (Wildman–Crippen MR) is 119 cm³/mol. The Balaban J connectivity index is 1.23. The van der Waals surface area contributed by atoms with Gasteiger partial charge in [0.05, 0.1) is 23.5 Å². The van der Waals surface area contributed by atoms with Gasteiger partial charge in [0.1, 0.15) is 11.9 Å². The van der Waals surface area contributed by atoms with Crippen molar-refractivity contribution in [3.05, 3.63) is 71.4 Å². The van der Waals surface area contributed by atoms with Crippen molar-refractivity contribution in [1.82, 2.24) is 9.97 Å². The minimum atomic E-state index is -0.479. The Hall–Kier alpha value is -3.17. The number of aromatic nitrogens is 2. The molecule has 5 rings (SSSR count). The summed E-state index contributed by atoms with van der Waals surface area (Å²) >= 11 is 0. The number of rotatable bonds is 5. The van der Waals surface area contributed by atoms with Crippen molar-refractivity contribution in [2.24, 2.45) is 23.5 Å². The Kier molecular flexibility index (Phi) is 5.44. The molecule has 0 spiro atoms. The summed E-state index contributed by atoms with van der Waals surface area (Å²) in [6.07, 6.45) is 7.54. The van der Waals surface area contributed by atoms with Crippen molar-refractivity contribution in [2.45, 2.75) is 44.1 Å². The maximum Gasteiger partial charge on any atom is 0.155 e. The van der Waals surface area contributed by atoms with Gasteiger partial charge in [-0.2, -0.15) is 5.26 Å². The van der Waals surface area contributed by atoms with E-state index in [-0.39, 0.29) is 23.9 Å². The first-order valence-corrected chi connectivity index (χ1v) is 11.2. The van der Waals surface area contributed by atoms with Crippen LogP contribution in [0.25, 0.3) is 10.9 Å². The fraction of sp³-hybridized carbons (Fsp3) is 0.385. The van der Waals surface area contributed by atoms with Gasteiger partial charge in [-0.25, -0.2) is 4.39 Å². The van der Waals surface area contributed by atoms with Crippen LogP contribution in [0.2, 0.25) is 0 Å². The van der Waals surface area contributed by atoms with Crippen LogP contribution in [0.1, 0.15) is 48.4 Å². The van der Waals surface area contributed by atoms with E-state index in [0.717, 1.165) is 36.6 Å². The van der Waals surface area contributed by atoms with Gasteiger partial charge in [0, 0.05) is 23.5 Å². The van der Waals surface area contributed by atoms with E-state index in [2.05, 4.69) is 9.97 Å². The summed E-state index contributed by atoms with van der Waals surface area (Å²) in [4.78, 5) is 21.3. The summed E-state index contributed by atoms with van der Waals surface area (Å²) in [6, 6.07) is 11.8. The van der Waals surface area contributed by atoms with Crippen molar-refractivity contribution in [3.63, 3.8) is 0 Å². The van der Waals surface area contributed by atoms with Crippen molar-refractivity contribution in [3.8, 4) is 6.07 Å². The molecular formula is C26H25FN4O. The topological polar surface area (TPSA) is 92.7 Å². The second kappa shape index (κ2) is 8.40. The maximum absolute atomic E-state index is 13.9. The second-order valence-corrected chi connectivity index (χ2v) is 9.30. The van der Waals surface area contributed by atoms with E-state index < -0.39 is 6.04 Å². The number of fused-ring (bicyclic) bond motifs is 2. The van der Waals surface area contributed by atoms with Crippen LogP contribution < -0.4 is 5.73 Å². The fourth-order valence-electron chi connectivity index (χ4n) is 5.86. The number of hydrogen-bond acceptors (Lipinski definition) is 5. The van der Waals surface area contributed by atoms with Crippen LogP contribution in [0.4, 0.5) is 4.39 Å². The number of halogens is 1. The number of hydrogen-bond donors (Lipinski definition) is 1. The SMILES string of the molecule is N#Cc1ccc(CC(=O)C(N)C2C[C@H]3CC(c4ccnc5ccc(F)cc45)C[C@H]3C2)nc1. The molecule has 162 valence electrons. The first kappa shape index (κ1) is 20.7. The van der Waals surface area contributed by atoms with Gasteiger partial charge < -0.3 is 5.73 Å². The van der Waals surface area contributed by atoms with E-state index in [4.69, 9.17) is 11.0 Å². The van der Waals surface area contributed by atoms with Crippen LogP contribution in [0.5, 0.6) is 0 Å². The minimum Gasteiger partial charge on any atom is -0.321 e. The van der Waals surface area contributed by atoms with Crippen LogP contribution in [0.15, 0.2) is 48.8 Å². The molecular weight excluding hydrogens is 403 g/mol. The van der Waals surface area contributed by atoms with E-state index in [1.807, 2.05) is 18.3 Å². The quantitative estimate of drug-likeness (QED) is 0.654. The van der Waals surface area contributed by atoms with Crippen LogP contribution in [0.3, 0.4) is 0 Å². The Morgan fingerprint density at radius 1 is 1.12 bits per heavy atom. The lowest BCUT2D eigenvalue weighted by molar-refractivity contribution is -0.120. The van der Waals surface area contributed by atoms with Crippen molar-refractivity contribution in [1.29, 1.82) is 5.26 Å². The zero-order valence-corrected chi connectivity index (χ0v) is 17.7. The first-order chi connectivity index (χ1) is 15.5. The monoisotopic (exact) mass is 428 g/mol. The number of nitrogens with two attached hydrogens (primary N) is 1. The van der Waals surface area contributed by atoms with Gasteiger partial charge in [0.15, 0.2) is 5.78 Å². The lowest BCUT2D eigenvalue weighted by atomic mass is 9.87. The minimum absolute atomic E-state index is 0.0133. The molecule has 5 atom stereocenters. The highest BCUT2D eigenvalue weighted by atomic mass is 19.1. The molecule has 2 saturated carbocycles. The van der Waals surface area contributed by atoms with Gasteiger partial charge in [-0.3, -0.25) is 14.8 Å². The van der Waals surface area contributed by atoms with Gasteiger partial charge in [-0.05, 0) is 91.3 Å². The van der Waals surface area contributed by atoms with Gasteiger partial charge in [0.25, 0.3) is 0 Å². The van der Waals surface area contributed by atoms with Gasteiger partial charge >= 0.3 is 0 Å². The Labute approximate surface area is 186 Å². The maximum atomic E-state index is 13.9. The number of nitrogens with zero attached hydrogens (tertiary/aromatic N) is 3. The number of ketones is 1. The molecule has 2 fully saturated rings. The molecule has 2 aliphatic carbocycles. The summed E-state index contributed by atoms with van der Waals surface area (Å²) in [7, 11) is 0. The van der Waals surface area contributed by atoms with E-state index in [1.54, 1.807) is 24.3 Å². The highest BCUT2D eigenvalue weighted by Crippen LogP contribution is 2.53. The van der Waals surface area contributed by atoms with Crippen LogP contribution in [-0.4, -0.2) is 21.8 Å². The molecule has 0 amide bonds. The van der Waals surface area contributed by atoms with Gasteiger partial charge in [-0.1, -0.05) is 0 Å². The largest absolute Gasteiger partial charge is 0.321 e. The lowest BCUT2D eigenvalue weighted by Crippen LogP contribution is -2.38. The Morgan fingerprint density at radius 3 is 2.59 bits per heavy atom. The first-order valence-electron chi connectivity index (χ1n) is 11.2. The van der Waals surface area contributed by atoms with Crippen LogP contribution in [0, 0.1) is 34.9 Å². The third-order valence-corrected chi connectivity index (χ3v) is 7.42. The molecule has 1 aromatic carbocycles. The number of Topliss-reactive ketones (excluding diaryl/α,β-unsaturated/α-hetero) is 1. The lowest BCUT2D eigenvalue weighted by Gasteiger charge is -2.21. The van der Waals surface area contributed by atoms with E-state index in [1.165, 1.54) is 17.8 Å². The molecule has 0 radical (unpaired) electrons. The number of nitriles is 1. The number of carbonyl (C=O) groups excluding carboxylic acids is 1. The van der Waals surface area contributed by atoms with E-state index in [0.29, 0.717) is 29.0 Å². The molecule has 2 aliphatic rings. The standard InChI is InChI=1S/C26H25FN4O/c27-20-2-4-24-23(11-20)22(5-6-30-24)18-7-16-9-19(10-17(16)8-18)26(29)25(32)12-21-3-1-15(13-28)14-31-21/h1-6,11,14,16-19,26H,7-10,12,29H2/t16-,17+,18?,19?,26?. The summed E-state index contributed by atoms with van der Waals surface area (Å²) in [5.41, 5.74) is 9.54. The number of benzene rings is 1. The predicted octanol–water partition coefficient (Wildman–Crippen LogP) is 4.30. The average molecular weight is 429 g/mol. The van der Waals surface area contributed by atoms with E-state index >= 15 is 0 Å². The number of pyridine rings is 2. The fourth-order valence-corrected chi connectivity index (χ4v) is 5.86. The highest BCUT2D eigenvalue weighted by Gasteiger charge is 2.44. The Morgan fingerprint density at radius 2 is 1.91 bits per heavy atom. The van der Waals surface area contributed by atoms with Crippen molar-refractivity contribution >= 4 is 16.7 Å². The van der Waals surface area contributed by atoms with Crippen molar-refractivity contribution < 1.29 is 9.18 Å². The molecule has 0 bridgehead atoms. The smallest absolute Gasteiger partial charge is 0.155 e. The Bertz CT molecular complexity index is 1190. The second-order valence-electron chi connectivity index (χ2n) is 9.30. The van der Waals surface area contributed by atoms with E-state index in [9.17, 15) is 9.18 Å². The third-order valence-electron chi connectivity index (χ3n) is 7.42. The average Bonchev–Trinajstić information content (AvgIpc) is 3.38. The molecule has 32 heavy (non-hydrogen) atoms. The van der Waals surface area contributed by atoms with Gasteiger partial charge in [-0.15, -0.1) is 0 Å². The third kappa shape index (κ3) is 3.89. The molecule has 0 saturated heterocycles. The normalized spacial score (nSPS) is 25.4. The highest BCUT2D eigenvalue weighted by molar-refractivity contribution is 5.86. The molecule has 5 nitrogen and oxygen atoms in total. The molecule has 0 aliphatic heterocycles. The number of carbonyl (C=O) groups is 1. The molecule has 2 heterocycles. The zero-order valence-electron chi connectivity index (χ0n) is 17.7. The molecule has 2 N–H and O–H groups in total. The molecule has 3 unspecified atom stereocenters. The summed E-state index contributed by atoms with van der Waals surface area (Å²) in [6.45, 7) is 0. The molecule has 6 heteroatoms. The van der Waals surface area contributed by atoms with Crippen molar-refractivity contribution in [2.75, 3.05) is 0 Å². The van der Waals surface area contributed by atoms with Crippen LogP contribution in [-0.2, 0) is 11.2 Å². The summed E-state index contributed by atoms with van der Waals surface area (Å²) < 4.78 is 13.9. The summed E-state index contributed by atoms with van der Waals surface area (Å²) in [5, 5.41) is 9.79. The van der Waals surface area contributed by atoms with Crippen LogP contribution >= 0.6 is 0 Å². The molecule has 3 aromatic rings. The molecule has 2 aromatic heterocycles.